The minimum absolute atomic E-state index is 0.0528. The zero-order valence-corrected chi connectivity index (χ0v) is 12.9. The number of nitrogens with zero attached hydrogens (tertiary/aromatic N) is 4. The molecule has 1 N–H and O–H groups in total. The molecule has 0 fully saturated rings. The van der Waals surface area contributed by atoms with Gasteiger partial charge in [-0.3, -0.25) is 29.7 Å². The molecule has 12 heteroatoms. The van der Waals surface area contributed by atoms with E-state index in [9.17, 15) is 25.0 Å². The fourth-order valence-corrected chi connectivity index (χ4v) is 2.01. The molecule has 24 heavy (non-hydrogen) atoms. The average molecular weight is 356 g/mol. The number of amides is 1. The van der Waals surface area contributed by atoms with E-state index >= 15 is 0 Å². The summed E-state index contributed by atoms with van der Waals surface area (Å²) >= 11 is 5.68. The van der Waals surface area contributed by atoms with Gasteiger partial charge in [-0.25, -0.2) is 0 Å². The highest BCUT2D eigenvalue weighted by molar-refractivity contribution is 6.31. The SMILES string of the molecule is COc1nn(CC(=O)Nc2ccc(Cl)cc2[N+](=O)[O-])cc1[N+](=O)[O-]. The molecule has 0 aliphatic carbocycles. The van der Waals surface area contributed by atoms with Crippen LogP contribution < -0.4 is 10.1 Å². The number of carbonyl (C=O) groups excluding carboxylic acids is 1. The lowest BCUT2D eigenvalue weighted by Crippen LogP contribution is -2.19. The number of methoxy groups -OCH3 is 1. The van der Waals surface area contributed by atoms with Gasteiger partial charge in [-0.1, -0.05) is 11.6 Å². The van der Waals surface area contributed by atoms with E-state index in [4.69, 9.17) is 16.3 Å². The minimum atomic E-state index is -0.704. The van der Waals surface area contributed by atoms with Crippen LogP contribution in [0.1, 0.15) is 0 Å². The van der Waals surface area contributed by atoms with Gasteiger partial charge in [0.05, 0.1) is 17.0 Å². The first-order valence-electron chi connectivity index (χ1n) is 6.31. The summed E-state index contributed by atoms with van der Waals surface area (Å²) in [6.07, 6.45) is 1.02. The van der Waals surface area contributed by atoms with Crippen molar-refractivity contribution < 1.29 is 19.4 Å². The molecule has 0 aliphatic rings. The number of hydrogen-bond acceptors (Lipinski definition) is 7. The van der Waals surface area contributed by atoms with Crippen molar-refractivity contribution in [2.24, 2.45) is 0 Å². The Balaban J connectivity index is 2.17. The first-order valence-corrected chi connectivity index (χ1v) is 6.69. The van der Waals surface area contributed by atoms with Gasteiger partial charge in [0.15, 0.2) is 0 Å². The second kappa shape index (κ2) is 6.91. The molecule has 0 atom stereocenters. The maximum Gasteiger partial charge on any atom is 0.350 e. The van der Waals surface area contributed by atoms with Crippen LogP contribution in [-0.2, 0) is 11.3 Å². The second-order valence-electron chi connectivity index (χ2n) is 4.45. The summed E-state index contributed by atoms with van der Waals surface area (Å²) in [5.41, 5.74) is -0.828. The lowest BCUT2D eigenvalue weighted by atomic mass is 10.2. The maximum absolute atomic E-state index is 12.0. The van der Waals surface area contributed by atoms with Gasteiger partial charge in [-0.15, -0.1) is 5.10 Å². The molecule has 0 unspecified atom stereocenters. The third-order valence-electron chi connectivity index (χ3n) is 2.84. The quantitative estimate of drug-likeness (QED) is 0.616. The van der Waals surface area contributed by atoms with Gasteiger partial charge in [0, 0.05) is 11.1 Å². The summed E-state index contributed by atoms with van der Waals surface area (Å²) in [5, 5.41) is 28.0. The number of hydrogen-bond donors (Lipinski definition) is 1. The topological polar surface area (TPSA) is 142 Å². The van der Waals surface area contributed by atoms with Gasteiger partial charge in [0.1, 0.15) is 18.4 Å². The summed E-state index contributed by atoms with van der Waals surface area (Å²) in [5.74, 6) is -0.911. The largest absolute Gasteiger partial charge is 0.475 e. The number of nitrogens with one attached hydrogen (secondary N) is 1. The Morgan fingerprint density at radius 2 is 2.00 bits per heavy atom. The molecule has 2 aromatic rings. The van der Waals surface area contributed by atoms with E-state index < -0.39 is 28.0 Å². The molecule has 0 aliphatic heterocycles. The van der Waals surface area contributed by atoms with E-state index in [0.717, 1.165) is 16.9 Å². The first-order chi connectivity index (χ1) is 11.3. The number of aromatic nitrogens is 2. The van der Waals surface area contributed by atoms with Gasteiger partial charge in [0.2, 0.25) is 5.91 Å². The molecular formula is C12H10ClN5O6. The van der Waals surface area contributed by atoms with E-state index in [1.54, 1.807) is 0 Å². The Hall–Kier alpha value is -3.21. The molecule has 1 aromatic heterocycles. The van der Waals surface area contributed by atoms with Crippen molar-refractivity contribution in [1.29, 1.82) is 0 Å². The number of nitro groups is 2. The lowest BCUT2D eigenvalue weighted by molar-refractivity contribution is -0.385. The van der Waals surface area contributed by atoms with Crippen molar-refractivity contribution in [3.05, 3.63) is 49.6 Å². The van der Waals surface area contributed by atoms with Crippen molar-refractivity contribution in [2.75, 3.05) is 12.4 Å². The van der Waals surface area contributed by atoms with Crippen molar-refractivity contribution in [3.8, 4) is 5.88 Å². The minimum Gasteiger partial charge on any atom is -0.475 e. The summed E-state index contributed by atoms with van der Waals surface area (Å²) in [7, 11) is 1.21. The van der Waals surface area contributed by atoms with Crippen LogP contribution in [0.3, 0.4) is 0 Å². The fraction of sp³-hybridized carbons (Fsp3) is 0.167. The Kier molecular flexibility index (Phi) is 4.94. The van der Waals surface area contributed by atoms with Gasteiger partial charge in [-0.2, -0.15) is 0 Å². The van der Waals surface area contributed by atoms with E-state index in [1.165, 1.54) is 19.2 Å². The third-order valence-corrected chi connectivity index (χ3v) is 3.07. The number of rotatable bonds is 6. The van der Waals surface area contributed by atoms with Crippen LogP contribution in [0.4, 0.5) is 17.1 Å². The number of ether oxygens (including phenoxy) is 1. The Labute approximate surface area is 139 Å². The summed E-state index contributed by atoms with van der Waals surface area (Å²) < 4.78 is 5.74. The molecule has 1 amide bonds. The van der Waals surface area contributed by atoms with Crippen LogP contribution >= 0.6 is 11.6 Å². The van der Waals surface area contributed by atoms with Gasteiger partial charge >= 0.3 is 11.6 Å². The van der Waals surface area contributed by atoms with E-state index in [0.29, 0.717) is 0 Å². The Bertz CT molecular complexity index is 820. The van der Waals surface area contributed by atoms with E-state index in [2.05, 4.69) is 10.4 Å². The summed E-state index contributed by atoms with van der Waals surface area (Å²) in [4.78, 5) is 32.4. The monoisotopic (exact) mass is 355 g/mol. The highest BCUT2D eigenvalue weighted by Crippen LogP contribution is 2.28. The maximum atomic E-state index is 12.0. The smallest absolute Gasteiger partial charge is 0.350 e. The van der Waals surface area contributed by atoms with Crippen LogP contribution in [0.5, 0.6) is 5.88 Å². The van der Waals surface area contributed by atoms with E-state index in [1.807, 2.05) is 0 Å². The Morgan fingerprint density at radius 3 is 2.54 bits per heavy atom. The molecule has 0 bridgehead atoms. The lowest BCUT2D eigenvalue weighted by Gasteiger charge is -2.06. The summed E-state index contributed by atoms with van der Waals surface area (Å²) in [6, 6.07) is 3.76. The molecular weight excluding hydrogens is 346 g/mol. The second-order valence-corrected chi connectivity index (χ2v) is 4.88. The fourth-order valence-electron chi connectivity index (χ4n) is 1.84. The molecule has 126 valence electrons. The predicted octanol–water partition coefficient (Wildman–Crippen LogP) is 2.00. The van der Waals surface area contributed by atoms with Crippen LogP contribution in [0, 0.1) is 20.2 Å². The van der Waals surface area contributed by atoms with Gasteiger partial charge < -0.3 is 10.1 Å². The number of anilines is 1. The molecule has 1 aromatic carbocycles. The van der Waals surface area contributed by atoms with Crippen molar-refractivity contribution in [2.45, 2.75) is 6.54 Å². The van der Waals surface area contributed by atoms with Crippen molar-refractivity contribution >= 4 is 34.6 Å². The average Bonchev–Trinajstić information content (AvgIpc) is 2.92. The number of benzene rings is 1. The first kappa shape index (κ1) is 17.1. The molecule has 0 saturated carbocycles. The van der Waals surface area contributed by atoms with Crippen molar-refractivity contribution in [3.63, 3.8) is 0 Å². The van der Waals surface area contributed by atoms with Gasteiger partial charge in [0.25, 0.3) is 5.69 Å². The van der Waals surface area contributed by atoms with Crippen LogP contribution in [0.2, 0.25) is 5.02 Å². The predicted molar refractivity (Wildman–Crippen MR) is 82.2 cm³/mol. The molecule has 0 saturated heterocycles. The standard InChI is InChI=1S/C12H10ClN5O6/c1-24-12-10(18(22)23)5-16(15-12)6-11(19)14-8-3-2-7(13)4-9(8)17(20)21/h2-5H,6H2,1H3,(H,14,19). The van der Waals surface area contributed by atoms with Crippen LogP contribution in [0.15, 0.2) is 24.4 Å². The zero-order valence-electron chi connectivity index (χ0n) is 12.1. The molecule has 0 radical (unpaired) electrons. The highest BCUT2D eigenvalue weighted by Gasteiger charge is 2.22. The number of nitro benzene ring substituents is 1. The van der Waals surface area contributed by atoms with Gasteiger partial charge in [-0.05, 0) is 12.1 Å². The molecule has 2 rings (SSSR count). The number of carbonyl (C=O) groups is 1. The van der Waals surface area contributed by atoms with E-state index in [-0.39, 0.29) is 22.3 Å². The molecule has 0 spiro atoms. The summed E-state index contributed by atoms with van der Waals surface area (Å²) in [6.45, 7) is -0.399. The van der Waals surface area contributed by atoms with Crippen LogP contribution in [-0.4, -0.2) is 32.6 Å². The normalized spacial score (nSPS) is 10.2. The third kappa shape index (κ3) is 3.76. The Morgan fingerprint density at radius 1 is 1.33 bits per heavy atom. The van der Waals surface area contributed by atoms with Crippen molar-refractivity contribution in [1.82, 2.24) is 9.78 Å². The zero-order chi connectivity index (χ0) is 17.9. The molecule has 11 nitrogen and oxygen atoms in total. The number of halogens is 1. The highest BCUT2D eigenvalue weighted by atomic mass is 35.5. The molecule has 1 heterocycles. The van der Waals surface area contributed by atoms with Crippen LogP contribution in [0.25, 0.3) is 0 Å².